The van der Waals surface area contributed by atoms with Crippen molar-refractivity contribution < 1.29 is 0 Å². The number of hydrogen-bond donors (Lipinski definition) is 1. The highest BCUT2D eigenvalue weighted by Crippen LogP contribution is 2.36. The smallest absolute Gasteiger partial charge is 0.0731 e. The Bertz CT molecular complexity index is 587. The second-order valence-electron chi connectivity index (χ2n) is 4.79. The van der Waals surface area contributed by atoms with Crippen LogP contribution in [-0.2, 0) is 0 Å². The van der Waals surface area contributed by atoms with Crippen molar-refractivity contribution in [3.8, 4) is 0 Å². The zero-order chi connectivity index (χ0) is 14.2. The maximum Gasteiger partial charge on any atom is 0.0731 e. The van der Waals surface area contributed by atoms with Gasteiger partial charge in [0.2, 0.25) is 0 Å². The van der Waals surface area contributed by atoms with E-state index in [2.05, 4.69) is 47.2 Å². The molecule has 0 radical (unpaired) electrons. The Morgan fingerprint density at radius 2 is 1.79 bits per heavy atom. The van der Waals surface area contributed by atoms with Gasteiger partial charge in [-0.15, -0.1) is 11.3 Å². The van der Waals surface area contributed by atoms with Crippen LogP contribution in [0, 0.1) is 20.8 Å². The molecule has 102 valence electrons. The number of rotatable bonds is 3. The van der Waals surface area contributed by atoms with Gasteiger partial charge in [0, 0.05) is 9.90 Å². The Morgan fingerprint density at radius 1 is 1.11 bits per heavy atom. The molecule has 4 heteroatoms. The minimum Gasteiger partial charge on any atom is -0.309 e. The molecule has 1 nitrogen and oxygen atoms in total. The van der Waals surface area contributed by atoms with Gasteiger partial charge in [-0.25, -0.2) is 0 Å². The summed E-state index contributed by atoms with van der Waals surface area (Å²) in [5, 5.41) is 4.24. The summed E-state index contributed by atoms with van der Waals surface area (Å²) < 4.78 is 1.20. The molecule has 0 bridgehead atoms. The van der Waals surface area contributed by atoms with E-state index in [0.717, 1.165) is 10.6 Å². The molecule has 0 amide bonds. The average Bonchev–Trinajstić information content (AvgIpc) is 2.67. The van der Waals surface area contributed by atoms with E-state index in [-0.39, 0.29) is 6.04 Å². The fourth-order valence-corrected chi connectivity index (χ4v) is 4.11. The molecule has 0 saturated carbocycles. The largest absolute Gasteiger partial charge is 0.309 e. The number of benzene rings is 1. The summed E-state index contributed by atoms with van der Waals surface area (Å²) in [6, 6.07) is 6.68. The van der Waals surface area contributed by atoms with E-state index >= 15 is 0 Å². The van der Waals surface area contributed by atoms with E-state index in [9.17, 15) is 0 Å². The van der Waals surface area contributed by atoms with E-state index < -0.39 is 0 Å². The molecule has 2 rings (SSSR count). The molecule has 1 heterocycles. The van der Waals surface area contributed by atoms with Gasteiger partial charge in [-0.1, -0.05) is 17.7 Å². The standard InChI is InChI=1S/C15H17BrClNS/c1-8-6-12(17)9(2)5-11(8)14(18-4)13-7-10(3)15(16)19-13/h5-7,14,18H,1-4H3. The van der Waals surface area contributed by atoms with Crippen molar-refractivity contribution in [1.82, 2.24) is 5.32 Å². The number of hydrogen-bond acceptors (Lipinski definition) is 2. The zero-order valence-corrected chi connectivity index (χ0v) is 14.6. The maximum absolute atomic E-state index is 6.18. The van der Waals surface area contributed by atoms with Crippen LogP contribution in [0.25, 0.3) is 0 Å². The van der Waals surface area contributed by atoms with Crippen LogP contribution in [0.5, 0.6) is 0 Å². The molecule has 0 spiro atoms. The van der Waals surface area contributed by atoms with Crippen LogP contribution in [0.15, 0.2) is 22.0 Å². The third-order valence-electron chi connectivity index (χ3n) is 3.31. The van der Waals surface area contributed by atoms with Crippen LogP contribution in [0.2, 0.25) is 5.02 Å². The fourth-order valence-electron chi connectivity index (χ4n) is 2.19. The maximum atomic E-state index is 6.18. The summed E-state index contributed by atoms with van der Waals surface area (Å²) in [6.45, 7) is 6.28. The number of halogens is 2. The van der Waals surface area contributed by atoms with Gasteiger partial charge in [0.25, 0.3) is 0 Å². The van der Waals surface area contributed by atoms with Gasteiger partial charge in [-0.2, -0.15) is 0 Å². The van der Waals surface area contributed by atoms with E-state index in [1.807, 2.05) is 20.0 Å². The molecular weight excluding hydrogens is 342 g/mol. The van der Waals surface area contributed by atoms with E-state index in [0.29, 0.717) is 0 Å². The van der Waals surface area contributed by atoms with E-state index in [1.54, 1.807) is 11.3 Å². The first-order valence-corrected chi connectivity index (χ1v) is 8.12. The highest BCUT2D eigenvalue weighted by molar-refractivity contribution is 9.11. The highest BCUT2D eigenvalue weighted by atomic mass is 79.9. The highest BCUT2D eigenvalue weighted by Gasteiger charge is 2.18. The lowest BCUT2D eigenvalue weighted by Gasteiger charge is -2.19. The van der Waals surface area contributed by atoms with Gasteiger partial charge in [0.1, 0.15) is 0 Å². The normalized spacial score (nSPS) is 12.7. The first-order chi connectivity index (χ1) is 8.93. The second kappa shape index (κ2) is 5.96. The summed E-state index contributed by atoms with van der Waals surface area (Å²) in [6.07, 6.45) is 0. The van der Waals surface area contributed by atoms with E-state index in [1.165, 1.54) is 25.4 Å². The van der Waals surface area contributed by atoms with Crippen molar-refractivity contribution >= 4 is 38.9 Å². The molecular formula is C15H17BrClNS. The average molecular weight is 359 g/mol. The van der Waals surface area contributed by atoms with Gasteiger partial charge in [0.05, 0.1) is 9.83 Å². The number of thiophene rings is 1. The van der Waals surface area contributed by atoms with Crippen molar-refractivity contribution in [3.05, 3.63) is 54.1 Å². The number of aryl methyl sites for hydroxylation is 3. The molecule has 0 fully saturated rings. The van der Waals surface area contributed by atoms with Crippen molar-refractivity contribution in [2.75, 3.05) is 7.05 Å². The Hall–Kier alpha value is -0.350. The van der Waals surface area contributed by atoms with Crippen LogP contribution in [0.3, 0.4) is 0 Å². The summed E-state index contributed by atoms with van der Waals surface area (Å²) in [5.74, 6) is 0. The molecule has 0 saturated heterocycles. The molecule has 1 aromatic carbocycles. The summed E-state index contributed by atoms with van der Waals surface area (Å²) in [5.41, 5.74) is 4.91. The van der Waals surface area contributed by atoms with Crippen molar-refractivity contribution in [2.24, 2.45) is 0 Å². The molecule has 19 heavy (non-hydrogen) atoms. The quantitative estimate of drug-likeness (QED) is 0.774. The lowest BCUT2D eigenvalue weighted by Crippen LogP contribution is -2.17. The SMILES string of the molecule is CNC(c1cc(C)c(Br)s1)c1cc(C)c(Cl)cc1C. The first-order valence-electron chi connectivity index (χ1n) is 6.13. The van der Waals surface area contributed by atoms with Crippen LogP contribution >= 0.6 is 38.9 Å². The summed E-state index contributed by atoms with van der Waals surface area (Å²) >= 11 is 11.6. The summed E-state index contributed by atoms with van der Waals surface area (Å²) in [7, 11) is 2.00. The van der Waals surface area contributed by atoms with Gasteiger partial charge in [-0.3, -0.25) is 0 Å². The molecule has 2 aromatic rings. The predicted molar refractivity (Wildman–Crippen MR) is 88.6 cm³/mol. The molecule has 1 atom stereocenters. The lowest BCUT2D eigenvalue weighted by molar-refractivity contribution is 0.698. The molecule has 1 N–H and O–H groups in total. The van der Waals surface area contributed by atoms with Gasteiger partial charge >= 0.3 is 0 Å². The van der Waals surface area contributed by atoms with Crippen molar-refractivity contribution in [1.29, 1.82) is 0 Å². The second-order valence-corrected chi connectivity index (χ2v) is 7.59. The molecule has 1 aromatic heterocycles. The van der Waals surface area contributed by atoms with Gasteiger partial charge < -0.3 is 5.32 Å². The Balaban J connectivity index is 2.50. The van der Waals surface area contributed by atoms with Crippen LogP contribution in [0.1, 0.15) is 33.2 Å². The summed E-state index contributed by atoms with van der Waals surface area (Å²) in [4.78, 5) is 1.32. The Kier molecular flexibility index (Phi) is 4.72. The Morgan fingerprint density at radius 3 is 2.32 bits per heavy atom. The molecule has 0 aliphatic heterocycles. The minimum absolute atomic E-state index is 0.214. The van der Waals surface area contributed by atoms with E-state index in [4.69, 9.17) is 11.6 Å². The first kappa shape index (κ1) is 15.0. The van der Waals surface area contributed by atoms with Crippen molar-refractivity contribution in [2.45, 2.75) is 26.8 Å². The van der Waals surface area contributed by atoms with Crippen LogP contribution in [-0.4, -0.2) is 7.05 Å². The third-order valence-corrected chi connectivity index (χ3v) is 5.92. The lowest BCUT2D eigenvalue weighted by atomic mass is 9.97. The predicted octanol–water partition coefficient (Wildman–Crippen LogP) is 5.40. The molecule has 0 aliphatic rings. The fraction of sp³-hybridized carbons (Fsp3) is 0.333. The van der Waals surface area contributed by atoms with Crippen LogP contribution in [0.4, 0.5) is 0 Å². The zero-order valence-electron chi connectivity index (χ0n) is 11.5. The van der Waals surface area contributed by atoms with Gasteiger partial charge in [0.15, 0.2) is 0 Å². The minimum atomic E-state index is 0.214. The monoisotopic (exact) mass is 357 g/mol. The molecule has 1 unspecified atom stereocenters. The topological polar surface area (TPSA) is 12.0 Å². The third kappa shape index (κ3) is 3.05. The Labute approximate surface area is 132 Å². The van der Waals surface area contributed by atoms with Crippen molar-refractivity contribution in [3.63, 3.8) is 0 Å². The van der Waals surface area contributed by atoms with Gasteiger partial charge in [-0.05, 0) is 78.1 Å². The van der Waals surface area contributed by atoms with Crippen LogP contribution < -0.4 is 5.32 Å². The molecule has 0 aliphatic carbocycles. The number of nitrogens with one attached hydrogen (secondary N) is 1.